The van der Waals surface area contributed by atoms with Crippen molar-refractivity contribution in [3.05, 3.63) is 52.7 Å². The summed E-state index contributed by atoms with van der Waals surface area (Å²) in [4.78, 5) is 16.5. The summed E-state index contributed by atoms with van der Waals surface area (Å²) in [6.45, 7) is 5.71. The number of aromatic hydroxyl groups is 1. The first-order valence-electron chi connectivity index (χ1n) is 11.1. The Bertz CT molecular complexity index is 1140. The number of phenols is 1. The van der Waals surface area contributed by atoms with Crippen LogP contribution in [0.1, 0.15) is 36.6 Å². The van der Waals surface area contributed by atoms with Gasteiger partial charge in [0.25, 0.3) is 0 Å². The highest BCUT2D eigenvalue weighted by molar-refractivity contribution is 8.25. The highest BCUT2D eigenvalue weighted by Crippen LogP contribution is 2.60. The van der Waals surface area contributed by atoms with Crippen LogP contribution in [0.15, 0.2) is 42.3 Å². The molecule has 8 nitrogen and oxygen atoms in total. The van der Waals surface area contributed by atoms with Gasteiger partial charge in [-0.2, -0.15) is 0 Å². The van der Waals surface area contributed by atoms with E-state index < -0.39 is 10.8 Å². The van der Waals surface area contributed by atoms with Gasteiger partial charge in [0.05, 0.1) is 28.7 Å². The Morgan fingerprint density at radius 1 is 1.21 bits per heavy atom. The summed E-state index contributed by atoms with van der Waals surface area (Å²) in [6.07, 6.45) is 7.13. The zero-order valence-corrected chi connectivity index (χ0v) is 20.4. The monoisotopic (exact) mass is 487 g/mol. The van der Waals surface area contributed by atoms with Gasteiger partial charge in [-0.3, -0.25) is 19.0 Å². The summed E-state index contributed by atoms with van der Waals surface area (Å²) in [5.41, 5.74) is 4.16. The van der Waals surface area contributed by atoms with Crippen molar-refractivity contribution in [3.63, 3.8) is 0 Å². The molecular formula is C23H29N5O3S2. The second-order valence-corrected chi connectivity index (χ2v) is 12.1. The Labute approximate surface area is 199 Å². The molecule has 0 amide bonds. The topological polar surface area (TPSA) is 106 Å². The van der Waals surface area contributed by atoms with E-state index in [-0.39, 0.29) is 17.3 Å². The minimum absolute atomic E-state index is 0.206. The molecule has 2 aliphatic heterocycles. The number of hydrogen-bond donors (Lipinski definition) is 3. The maximum Gasteiger partial charge on any atom is 0.165 e. The molecule has 0 unspecified atom stereocenters. The number of phenolic OH excluding ortho intramolecular Hbond substituents is 1. The summed E-state index contributed by atoms with van der Waals surface area (Å²) in [7, 11) is -2.92. The number of anilines is 1. The van der Waals surface area contributed by atoms with Gasteiger partial charge in [0.2, 0.25) is 0 Å². The van der Waals surface area contributed by atoms with Gasteiger partial charge < -0.3 is 5.11 Å². The van der Waals surface area contributed by atoms with E-state index in [1.165, 1.54) is 0 Å². The molecule has 2 fully saturated rings. The molecule has 1 aromatic carbocycles. The minimum Gasteiger partial charge on any atom is -0.507 e. The van der Waals surface area contributed by atoms with Crippen LogP contribution in [0.3, 0.4) is 0 Å². The molecular weight excluding hydrogens is 458 g/mol. The molecule has 10 heteroatoms. The fourth-order valence-electron chi connectivity index (χ4n) is 5.37. The van der Waals surface area contributed by atoms with Crippen molar-refractivity contribution in [2.45, 2.75) is 51.2 Å². The lowest BCUT2D eigenvalue weighted by molar-refractivity contribution is 0.102. The third kappa shape index (κ3) is 4.00. The van der Waals surface area contributed by atoms with Crippen LogP contribution in [0.2, 0.25) is 0 Å². The number of nitrogens with zero attached hydrogens (tertiary/aromatic N) is 5. The first-order valence-corrected chi connectivity index (χ1v) is 13.6. The largest absolute Gasteiger partial charge is 0.507 e. The van der Waals surface area contributed by atoms with E-state index in [2.05, 4.69) is 32.8 Å². The van der Waals surface area contributed by atoms with Gasteiger partial charge in [0, 0.05) is 42.0 Å². The molecule has 3 aromatic rings. The first kappa shape index (κ1) is 22.5. The van der Waals surface area contributed by atoms with E-state index in [0.717, 1.165) is 47.5 Å². The van der Waals surface area contributed by atoms with E-state index in [1.807, 2.05) is 18.5 Å². The average molecular weight is 488 g/mol. The maximum absolute atomic E-state index is 10.9. The molecule has 1 spiro atoms. The maximum atomic E-state index is 10.9. The van der Waals surface area contributed by atoms with Crippen molar-refractivity contribution >= 4 is 27.9 Å². The number of thiazole rings is 1. The second kappa shape index (κ2) is 8.52. The zero-order valence-electron chi connectivity index (χ0n) is 18.8. The summed E-state index contributed by atoms with van der Waals surface area (Å²) in [5, 5.41) is 10.6. The lowest BCUT2D eigenvalue weighted by Gasteiger charge is -2.51. The fourth-order valence-corrected chi connectivity index (χ4v) is 8.06. The Hall–Kier alpha value is -2.24. The molecule has 176 valence electrons. The predicted octanol–water partition coefficient (Wildman–Crippen LogP) is 4.91. The van der Waals surface area contributed by atoms with Crippen molar-refractivity contribution in [1.29, 1.82) is 0 Å². The Morgan fingerprint density at radius 3 is 2.76 bits per heavy atom. The quantitative estimate of drug-likeness (QED) is 0.477. The molecule has 2 atom stereocenters. The Morgan fingerprint density at radius 2 is 2.06 bits per heavy atom. The third-order valence-corrected chi connectivity index (χ3v) is 9.64. The van der Waals surface area contributed by atoms with Crippen LogP contribution in [0, 0.1) is 6.92 Å². The van der Waals surface area contributed by atoms with Crippen LogP contribution in [-0.4, -0.2) is 57.9 Å². The van der Waals surface area contributed by atoms with E-state index >= 15 is 0 Å². The van der Waals surface area contributed by atoms with Crippen molar-refractivity contribution in [2.24, 2.45) is 0 Å². The molecule has 2 aromatic heterocycles. The summed E-state index contributed by atoms with van der Waals surface area (Å²) in [6, 6.07) is 5.86. The third-order valence-electron chi connectivity index (χ3n) is 6.97. The molecule has 0 aliphatic carbocycles. The minimum atomic E-state index is -2.92. The molecule has 5 rings (SSSR count). The SMILES string of the molecule is Cc1scnc1-c1c(O)cccc1CN1CC[C@]2(CCS(O)(O)N2c2cnccn2)C[C@@H]1C. The average Bonchev–Trinajstić information content (AvgIpc) is 3.31. The lowest BCUT2D eigenvalue weighted by atomic mass is 9.81. The smallest absolute Gasteiger partial charge is 0.165 e. The van der Waals surface area contributed by atoms with Crippen LogP contribution < -0.4 is 4.31 Å². The standard InChI is InChI=1S/C23H29N5O3S2/c1-16-12-23(7-11-33(30,31)28(23)20-13-24-8-9-25-20)6-10-27(16)14-18-4-3-5-19(29)21(18)22-17(2)32-15-26-22/h3-5,8-9,13,15-16,29-31H,6-7,10-12,14H2,1-2H3/t16-,23-/m0/s1. The second-order valence-electron chi connectivity index (χ2n) is 9.01. The lowest BCUT2D eigenvalue weighted by Crippen LogP contribution is -2.55. The molecule has 3 N–H and O–H groups in total. The highest BCUT2D eigenvalue weighted by atomic mass is 32.3. The number of rotatable bonds is 4. The van der Waals surface area contributed by atoms with E-state index in [1.54, 1.807) is 40.3 Å². The van der Waals surface area contributed by atoms with Crippen molar-refractivity contribution in [2.75, 3.05) is 16.6 Å². The van der Waals surface area contributed by atoms with Crippen LogP contribution in [0.25, 0.3) is 11.3 Å². The Kier molecular flexibility index (Phi) is 5.82. The first-order chi connectivity index (χ1) is 15.8. The summed E-state index contributed by atoms with van der Waals surface area (Å²) < 4.78 is 23.5. The predicted molar refractivity (Wildman–Crippen MR) is 133 cm³/mol. The fraction of sp³-hybridized carbons (Fsp3) is 0.435. The van der Waals surface area contributed by atoms with E-state index in [9.17, 15) is 14.2 Å². The normalized spacial score (nSPS) is 26.1. The van der Waals surface area contributed by atoms with Gasteiger partial charge in [-0.1, -0.05) is 12.1 Å². The summed E-state index contributed by atoms with van der Waals surface area (Å²) in [5.74, 6) is 1.14. The molecule has 33 heavy (non-hydrogen) atoms. The molecule has 0 bridgehead atoms. The number of benzene rings is 1. The van der Waals surface area contributed by atoms with Crippen LogP contribution in [-0.2, 0) is 6.54 Å². The molecule has 4 heterocycles. The molecule has 2 saturated heterocycles. The van der Waals surface area contributed by atoms with Crippen LogP contribution in [0.5, 0.6) is 5.75 Å². The molecule has 0 saturated carbocycles. The number of hydrogen-bond acceptors (Lipinski definition) is 9. The molecule has 0 radical (unpaired) electrons. The van der Waals surface area contributed by atoms with Gasteiger partial charge in [-0.15, -0.1) is 22.1 Å². The van der Waals surface area contributed by atoms with Gasteiger partial charge in [0.1, 0.15) is 5.75 Å². The van der Waals surface area contributed by atoms with Crippen molar-refractivity contribution in [3.8, 4) is 17.0 Å². The number of piperidine rings is 1. The van der Waals surface area contributed by atoms with Gasteiger partial charge >= 0.3 is 0 Å². The van der Waals surface area contributed by atoms with E-state index in [0.29, 0.717) is 18.1 Å². The van der Waals surface area contributed by atoms with Gasteiger partial charge in [-0.25, -0.2) is 14.3 Å². The number of likely N-dealkylation sites (tertiary alicyclic amines) is 1. The van der Waals surface area contributed by atoms with Crippen LogP contribution in [0.4, 0.5) is 5.82 Å². The number of aromatic nitrogens is 3. The Balaban J connectivity index is 1.41. The molecule has 2 aliphatic rings. The van der Waals surface area contributed by atoms with E-state index in [4.69, 9.17) is 0 Å². The van der Waals surface area contributed by atoms with Gasteiger partial charge in [0.15, 0.2) is 5.82 Å². The summed E-state index contributed by atoms with van der Waals surface area (Å²) >= 11 is 1.58. The number of aryl methyl sites for hydroxylation is 1. The van der Waals surface area contributed by atoms with Gasteiger partial charge in [-0.05, 0) is 44.7 Å². The zero-order chi connectivity index (χ0) is 23.2. The van der Waals surface area contributed by atoms with Crippen LogP contribution >= 0.6 is 22.1 Å². The highest BCUT2D eigenvalue weighted by Gasteiger charge is 2.53. The van der Waals surface area contributed by atoms with Crippen molar-refractivity contribution in [1.82, 2.24) is 19.9 Å². The van der Waals surface area contributed by atoms with Crippen molar-refractivity contribution < 1.29 is 14.2 Å².